The highest BCUT2D eigenvalue weighted by molar-refractivity contribution is 5.83. The minimum absolute atomic E-state index is 0.466. The Bertz CT molecular complexity index is 1080. The molecule has 10 heteroatoms. The van der Waals surface area contributed by atoms with Gasteiger partial charge < -0.3 is 19.3 Å². The van der Waals surface area contributed by atoms with Crippen molar-refractivity contribution in [2.75, 3.05) is 32.3 Å². The zero-order chi connectivity index (χ0) is 24.3. The molecule has 2 heterocycles. The molecule has 2 aromatic rings. The molecule has 0 saturated heterocycles. The highest BCUT2D eigenvalue weighted by Crippen LogP contribution is 2.47. The molecular formula is C24H30N6O4. The lowest BCUT2D eigenvalue weighted by atomic mass is 9.98. The topological polar surface area (TPSA) is 102 Å². The molecule has 180 valence electrons. The molecule has 0 amide bonds. The first-order valence-electron chi connectivity index (χ1n) is 11.0. The van der Waals surface area contributed by atoms with Crippen LogP contribution in [0.1, 0.15) is 30.9 Å². The minimum atomic E-state index is 0.466. The number of aromatic nitrogens is 1. The summed E-state index contributed by atoms with van der Waals surface area (Å²) in [7, 11) is 3.04. The Morgan fingerprint density at radius 2 is 2.03 bits per heavy atom. The van der Waals surface area contributed by atoms with Gasteiger partial charge in [0.05, 0.1) is 44.1 Å². The number of rotatable bonds is 11. The fourth-order valence-corrected chi connectivity index (χ4v) is 3.54. The number of aryl methyl sites for hydroxylation is 1. The maximum Gasteiger partial charge on any atom is 0.219 e. The molecule has 1 aromatic carbocycles. The summed E-state index contributed by atoms with van der Waals surface area (Å²) in [6.45, 7) is 9.31. The van der Waals surface area contributed by atoms with E-state index in [4.69, 9.17) is 9.47 Å². The Morgan fingerprint density at radius 1 is 1.18 bits per heavy atom. The molecule has 0 bridgehead atoms. The van der Waals surface area contributed by atoms with Crippen molar-refractivity contribution in [1.82, 2.24) is 4.98 Å². The molecule has 1 aliphatic heterocycles. The molecule has 1 aliphatic rings. The van der Waals surface area contributed by atoms with Crippen LogP contribution in [0.15, 0.2) is 51.3 Å². The first-order valence-corrected chi connectivity index (χ1v) is 11.0. The van der Waals surface area contributed by atoms with Crippen molar-refractivity contribution >= 4 is 41.4 Å². The Balaban J connectivity index is 2.02. The van der Waals surface area contributed by atoms with Crippen molar-refractivity contribution in [2.45, 2.75) is 33.1 Å². The lowest BCUT2D eigenvalue weighted by molar-refractivity contribution is -0.187. The van der Waals surface area contributed by atoms with Gasteiger partial charge in [-0.3, -0.25) is 0 Å². The van der Waals surface area contributed by atoms with E-state index in [0.717, 1.165) is 42.6 Å². The van der Waals surface area contributed by atoms with Gasteiger partial charge >= 0.3 is 0 Å². The van der Waals surface area contributed by atoms with E-state index >= 15 is 0 Å². The predicted molar refractivity (Wildman–Crippen MR) is 133 cm³/mol. The molecule has 0 saturated carbocycles. The van der Waals surface area contributed by atoms with Gasteiger partial charge in [-0.1, -0.05) is 13.5 Å². The highest BCUT2D eigenvalue weighted by Gasteiger charge is 2.25. The van der Waals surface area contributed by atoms with Gasteiger partial charge in [0.15, 0.2) is 12.2 Å². The van der Waals surface area contributed by atoms with Crippen molar-refractivity contribution < 1.29 is 19.2 Å². The third-order valence-electron chi connectivity index (χ3n) is 5.08. The number of benzene rings is 1. The minimum Gasteiger partial charge on any atom is -0.494 e. The molecular weight excluding hydrogens is 436 g/mol. The van der Waals surface area contributed by atoms with E-state index in [1.165, 1.54) is 19.9 Å². The van der Waals surface area contributed by atoms with Gasteiger partial charge in [0.2, 0.25) is 6.40 Å². The van der Waals surface area contributed by atoms with Gasteiger partial charge in [0.25, 0.3) is 0 Å². The van der Waals surface area contributed by atoms with Crippen molar-refractivity contribution in [3.63, 3.8) is 0 Å². The lowest BCUT2D eigenvalue weighted by Gasteiger charge is -2.30. The third kappa shape index (κ3) is 5.96. The van der Waals surface area contributed by atoms with E-state index in [9.17, 15) is 0 Å². The lowest BCUT2D eigenvalue weighted by Crippen LogP contribution is -2.24. The SMILES string of the molecule is C=CN1CCCc2c(N=COCCC)c(N=Nc3ncc(N=COOC)cc3C)cc(OC)c21. The Labute approximate surface area is 199 Å². The number of azo groups is 1. The first-order chi connectivity index (χ1) is 16.6. The molecule has 1 aromatic heterocycles. The summed E-state index contributed by atoms with van der Waals surface area (Å²) >= 11 is 0. The molecule has 0 aliphatic carbocycles. The van der Waals surface area contributed by atoms with Gasteiger partial charge in [0.1, 0.15) is 11.4 Å². The number of pyridine rings is 1. The van der Waals surface area contributed by atoms with Crippen molar-refractivity contribution in [3.8, 4) is 5.75 Å². The van der Waals surface area contributed by atoms with Gasteiger partial charge in [-0.2, -0.15) is 4.89 Å². The Hall–Kier alpha value is -3.79. The van der Waals surface area contributed by atoms with Crippen LogP contribution in [-0.2, 0) is 20.9 Å². The van der Waals surface area contributed by atoms with E-state index < -0.39 is 0 Å². The summed E-state index contributed by atoms with van der Waals surface area (Å²) < 4.78 is 11.2. The molecule has 0 radical (unpaired) electrons. The molecule has 34 heavy (non-hydrogen) atoms. The Kier molecular flexibility index (Phi) is 9.10. The smallest absolute Gasteiger partial charge is 0.219 e. The normalized spacial score (nSPS) is 13.6. The number of anilines is 1. The van der Waals surface area contributed by atoms with Crippen molar-refractivity contribution in [1.29, 1.82) is 0 Å². The van der Waals surface area contributed by atoms with Gasteiger partial charge in [-0.05, 0) is 44.0 Å². The standard InChI is InChI=1S/C24H30N6O4/c1-6-11-33-15-27-22-19-9-8-10-30(7-2)23(19)21(31-4)13-20(22)28-29-24-17(3)12-18(14-25-24)26-16-34-32-5/h7,12-16H,2,6,8-11H2,1,3-5H3. The fraction of sp³-hybridized carbons (Fsp3) is 0.375. The number of methoxy groups -OCH3 is 1. The second-order valence-electron chi connectivity index (χ2n) is 7.39. The summed E-state index contributed by atoms with van der Waals surface area (Å²) in [6.07, 6.45) is 8.71. The predicted octanol–water partition coefficient (Wildman–Crippen LogP) is 6.03. The maximum atomic E-state index is 5.69. The number of ether oxygens (including phenoxy) is 2. The van der Waals surface area contributed by atoms with Crippen molar-refractivity contribution in [3.05, 3.63) is 42.2 Å². The molecule has 0 unspecified atom stereocenters. The second kappa shape index (κ2) is 12.4. The van der Waals surface area contributed by atoms with Crippen LogP contribution < -0.4 is 9.64 Å². The van der Waals surface area contributed by atoms with Gasteiger partial charge in [-0.25, -0.2) is 15.0 Å². The zero-order valence-electron chi connectivity index (χ0n) is 20.0. The molecule has 0 N–H and O–H groups in total. The first kappa shape index (κ1) is 24.8. The quantitative estimate of drug-likeness (QED) is 0.1000. The van der Waals surface area contributed by atoms with Crippen LogP contribution in [0, 0.1) is 6.92 Å². The number of fused-ring (bicyclic) bond motifs is 1. The van der Waals surface area contributed by atoms with Crippen LogP contribution in [0.4, 0.5) is 28.6 Å². The zero-order valence-corrected chi connectivity index (χ0v) is 20.0. The van der Waals surface area contributed by atoms with Gasteiger partial charge in [-0.15, -0.1) is 10.2 Å². The van der Waals surface area contributed by atoms with E-state index in [1.54, 1.807) is 19.5 Å². The highest BCUT2D eigenvalue weighted by atomic mass is 17.2. The van der Waals surface area contributed by atoms with Crippen molar-refractivity contribution in [2.24, 2.45) is 20.2 Å². The van der Waals surface area contributed by atoms with E-state index in [1.807, 2.05) is 26.0 Å². The molecule has 0 fully saturated rings. The van der Waals surface area contributed by atoms with Crippen LogP contribution >= 0.6 is 0 Å². The number of nitrogens with zero attached hydrogens (tertiary/aromatic N) is 6. The summed E-state index contributed by atoms with van der Waals surface area (Å²) in [6, 6.07) is 3.65. The Morgan fingerprint density at radius 3 is 2.74 bits per heavy atom. The second-order valence-corrected chi connectivity index (χ2v) is 7.39. The summed E-state index contributed by atoms with van der Waals surface area (Å²) in [4.78, 5) is 24.3. The van der Waals surface area contributed by atoms with Crippen LogP contribution in [0.25, 0.3) is 0 Å². The largest absolute Gasteiger partial charge is 0.494 e. The number of aliphatic imine (C=N–C) groups is 2. The fourth-order valence-electron chi connectivity index (χ4n) is 3.54. The molecule has 0 spiro atoms. The van der Waals surface area contributed by atoms with Crippen LogP contribution in [0.5, 0.6) is 5.75 Å². The van der Waals surface area contributed by atoms with Crippen LogP contribution in [0.2, 0.25) is 0 Å². The summed E-state index contributed by atoms with van der Waals surface area (Å²) in [5, 5.41) is 8.88. The van der Waals surface area contributed by atoms with E-state index in [-0.39, 0.29) is 0 Å². The van der Waals surface area contributed by atoms with E-state index in [2.05, 4.69) is 46.5 Å². The average molecular weight is 467 g/mol. The summed E-state index contributed by atoms with van der Waals surface area (Å²) in [5.41, 5.74) is 4.62. The van der Waals surface area contributed by atoms with E-state index in [0.29, 0.717) is 35.2 Å². The van der Waals surface area contributed by atoms with Crippen LogP contribution in [-0.4, -0.2) is 45.2 Å². The summed E-state index contributed by atoms with van der Waals surface area (Å²) in [5.74, 6) is 1.15. The molecule has 3 rings (SSSR count). The average Bonchev–Trinajstić information content (AvgIpc) is 2.86. The monoisotopic (exact) mass is 466 g/mol. The van der Waals surface area contributed by atoms with Gasteiger partial charge in [0, 0.05) is 18.2 Å². The maximum absolute atomic E-state index is 5.69. The number of hydrogen-bond donors (Lipinski definition) is 0. The number of hydrogen-bond acceptors (Lipinski definition) is 10. The molecule has 0 atom stereocenters. The molecule has 10 nitrogen and oxygen atoms in total. The third-order valence-corrected chi connectivity index (χ3v) is 5.08. The van der Waals surface area contributed by atoms with Crippen LogP contribution in [0.3, 0.4) is 0 Å².